The number of aliphatic carboxylic acids is 1. The highest BCUT2D eigenvalue weighted by molar-refractivity contribution is 7.85. The van der Waals surface area contributed by atoms with Crippen molar-refractivity contribution < 1.29 is 18.9 Å². The van der Waals surface area contributed by atoms with Gasteiger partial charge in [-0.2, -0.15) is 0 Å². The lowest BCUT2D eigenvalue weighted by Crippen LogP contribution is -2.47. The maximum absolute atomic E-state index is 11.7. The maximum Gasteiger partial charge on any atom is 0.317 e. The van der Waals surface area contributed by atoms with E-state index in [0.717, 1.165) is 0 Å². The third kappa shape index (κ3) is 5.16. The van der Waals surface area contributed by atoms with E-state index in [2.05, 4.69) is 5.32 Å². The molecule has 2 amide bonds. The summed E-state index contributed by atoms with van der Waals surface area (Å²) >= 11 is 0. The molecule has 0 bridgehead atoms. The summed E-state index contributed by atoms with van der Waals surface area (Å²) in [5, 5.41) is 11.3. The van der Waals surface area contributed by atoms with Crippen LogP contribution in [0.5, 0.6) is 0 Å². The SMILES string of the molecule is CC(CNC(=O)N1CCS(=O)CC1)CC(=O)O. The van der Waals surface area contributed by atoms with Crippen LogP contribution in [0.2, 0.25) is 0 Å². The molecular formula is C10H18N2O4S. The monoisotopic (exact) mass is 262 g/mol. The highest BCUT2D eigenvalue weighted by Crippen LogP contribution is 2.02. The first-order valence-electron chi connectivity index (χ1n) is 5.58. The second-order valence-corrected chi connectivity index (χ2v) is 5.92. The molecule has 0 aliphatic carbocycles. The normalized spacial score (nSPS) is 18.8. The Morgan fingerprint density at radius 3 is 2.53 bits per heavy atom. The maximum atomic E-state index is 11.7. The lowest BCUT2D eigenvalue weighted by atomic mass is 10.1. The van der Waals surface area contributed by atoms with E-state index in [-0.39, 0.29) is 18.4 Å². The van der Waals surface area contributed by atoms with E-state index in [1.807, 2.05) is 0 Å². The van der Waals surface area contributed by atoms with Crippen molar-refractivity contribution in [1.82, 2.24) is 10.2 Å². The number of hydrogen-bond donors (Lipinski definition) is 2. The quantitative estimate of drug-likeness (QED) is 0.739. The lowest BCUT2D eigenvalue weighted by molar-refractivity contribution is -0.137. The predicted octanol–water partition coefficient (Wildman–Crippen LogP) is -0.129. The van der Waals surface area contributed by atoms with E-state index in [1.165, 1.54) is 0 Å². The first kappa shape index (κ1) is 14.0. The van der Waals surface area contributed by atoms with Gasteiger partial charge in [0, 0.05) is 48.4 Å². The van der Waals surface area contributed by atoms with Gasteiger partial charge in [0.15, 0.2) is 0 Å². The molecule has 1 heterocycles. The van der Waals surface area contributed by atoms with Crippen molar-refractivity contribution in [2.45, 2.75) is 13.3 Å². The standard InChI is InChI=1S/C10H18N2O4S/c1-8(6-9(13)14)7-11-10(15)12-2-4-17(16)5-3-12/h8H,2-7H2,1H3,(H,11,15)(H,13,14). The molecule has 1 saturated heterocycles. The Morgan fingerprint density at radius 2 is 2.00 bits per heavy atom. The number of hydrogen-bond acceptors (Lipinski definition) is 3. The van der Waals surface area contributed by atoms with Crippen LogP contribution in [0, 0.1) is 5.92 Å². The van der Waals surface area contributed by atoms with Crippen LogP contribution in [0.1, 0.15) is 13.3 Å². The Kier molecular flexibility index (Phi) is 5.40. The largest absolute Gasteiger partial charge is 0.481 e. The van der Waals surface area contributed by atoms with Crippen LogP contribution >= 0.6 is 0 Å². The van der Waals surface area contributed by atoms with E-state index < -0.39 is 16.8 Å². The Bertz CT molecular complexity index is 311. The molecule has 17 heavy (non-hydrogen) atoms. The molecule has 0 aromatic carbocycles. The van der Waals surface area contributed by atoms with E-state index >= 15 is 0 Å². The number of carbonyl (C=O) groups excluding carboxylic acids is 1. The summed E-state index contributed by atoms with van der Waals surface area (Å²) in [6, 6.07) is -0.195. The van der Waals surface area contributed by atoms with Crippen molar-refractivity contribution >= 4 is 22.8 Å². The number of nitrogens with one attached hydrogen (secondary N) is 1. The molecule has 0 saturated carbocycles. The molecule has 2 N–H and O–H groups in total. The van der Waals surface area contributed by atoms with E-state index in [0.29, 0.717) is 31.1 Å². The number of nitrogens with zero attached hydrogens (tertiary/aromatic N) is 1. The number of carboxylic acid groups (broad SMARTS) is 1. The molecule has 1 atom stereocenters. The third-order valence-electron chi connectivity index (χ3n) is 2.59. The van der Waals surface area contributed by atoms with Gasteiger partial charge in [-0.25, -0.2) is 4.79 Å². The summed E-state index contributed by atoms with van der Waals surface area (Å²) < 4.78 is 11.1. The van der Waals surface area contributed by atoms with Crippen LogP contribution < -0.4 is 5.32 Å². The minimum atomic E-state index is -0.861. The average Bonchev–Trinajstić information content (AvgIpc) is 2.26. The van der Waals surface area contributed by atoms with Crippen LogP contribution in [-0.2, 0) is 15.6 Å². The van der Waals surface area contributed by atoms with Gasteiger partial charge in [-0.1, -0.05) is 6.92 Å². The summed E-state index contributed by atoms with van der Waals surface area (Å²) in [6.07, 6.45) is 0.0459. The molecule has 0 spiro atoms. The molecule has 1 fully saturated rings. The van der Waals surface area contributed by atoms with E-state index in [9.17, 15) is 13.8 Å². The molecule has 98 valence electrons. The highest BCUT2D eigenvalue weighted by atomic mass is 32.2. The van der Waals surface area contributed by atoms with Crippen LogP contribution in [0.15, 0.2) is 0 Å². The number of rotatable bonds is 4. The molecule has 1 aliphatic heterocycles. The van der Waals surface area contributed by atoms with Gasteiger partial charge in [-0.3, -0.25) is 9.00 Å². The summed E-state index contributed by atoms with van der Waals surface area (Å²) in [5.41, 5.74) is 0. The Balaban J connectivity index is 2.25. The zero-order valence-corrected chi connectivity index (χ0v) is 10.7. The van der Waals surface area contributed by atoms with Crippen molar-refractivity contribution in [3.05, 3.63) is 0 Å². The summed E-state index contributed by atoms with van der Waals surface area (Å²) in [6.45, 7) is 3.14. The minimum Gasteiger partial charge on any atom is -0.481 e. The smallest absolute Gasteiger partial charge is 0.317 e. The first-order valence-corrected chi connectivity index (χ1v) is 7.07. The highest BCUT2D eigenvalue weighted by Gasteiger charge is 2.20. The molecule has 0 radical (unpaired) electrons. The van der Waals surface area contributed by atoms with Crippen molar-refractivity contribution in [1.29, 1.82) is 0 Å². The number of carbonyl (C=O) groups is 2. The molecule has 7 heteroatoms. The fraction of sp³-hybridized carbons (Fsp3) is 0.800. The molecule has 0 aromatic heterocycles. The first-order chi connectivity index (χ1) is 7.99. The zero-order valence-electron chi connectivity index (χ0n) is 9.85. The third-order valence-corrected chi connectivity index (χ3v) is 3.87. The molecule has 6 nitrogen and oxygen atoms in total. The van der Waals surface area contributed by atoms with E-state index in [4.69, 9.17) is 5.11 Å². The second-order valence-electron chi connectivity index (χ2n) is 4.22. The van der Waals surface area contributed by atoms with Crippen LogP contribution in [0.3, 0.4) is 0 Å². The van der Waals surface area contributed by atoms with Gasteiger partial charge < -0.3 is 15.3 Å². The van der Waals surface area contributed by atoms with Crippen LogP contribution in [0.4, 0.5) is 4.79 Å². The van der Waals surface area contributed by atoms with E-state index in [1.54, 1.807) is 11.8 Å². The Labute approximate surface area is 103 Å². The van der Waals surface area contributed by atoms with Gasteiger partial charge in [-0.15, -0.1) is 0 Å². The summed E-state index contributed by atoms with van der Waals surface area (Å²) in [7, 11) is -0.797. The predicted molar refractivity (Wildman–Crippen MR) is 64.3 cm³/mol. The number of urea groups is 1. The van der Waals surface area contributed by atoms with Gasteiger partial charge >= 0.3 is 12.0 Å². The number of amides is 2. The van der Waals surface area contributed by atoms with Crippen LogP contribution in [-0.4, -0.2) is 57.4 Å². The molecular weight excluding hydrogens is 244 g/mol. The minimum absolute atomic E-state index is 0.0459. The topological polar surface area (TPSA) is 86.7 Å². The van der Waals surface area contributed by atoms with Gasteiger partial charge in [0.1, 0.15) is 0 Å². The van der Waals surface area contributed by atoms with Crippen molar-refractivity contribution in [2.75, 3.05) is 31.1 Å². The fourth-order valence-electron chi connectivity index (χ4n) is 1.58. The van der Waals surface area contributed by atoms with Crippen molar-refractivity contribution in [3.8, 4) is 0 Å². The fourth-order valence-corrected chi connectivity index (χ4v) is 2.64. The van der Waals surface area contributed by atoms with Crippen molar-refractivity contribution in [3.63, 3.8) is 0 Å². The zero-order chi connectivity index (χ0) is 12.8. The lowest BCUT2D eigenvalue weighted by Gasteiger charge is -2.27. The van der Waals surface area contributed by atoms with Gasteiger partial charge in [0.05, 0.1) is 0 Å². The second kappa shape index (κ2) is 6.58. The average molecular weight is 262 g/mol. The summed E-state index contributed by atoms with van der Waals surface area (Å²) in [5.74, 6) is 0.103. The molecule has 1 unspecified atom stereocenters. The van der Waals surface area contributed by atoms with Crippen molar-refractivity contribution in [2.24, 2.45) is 5.92 Å². The molecule has 0 aromatic rings. The Hall–Kier alpha value is -1.11. The number of carboxylic acids is 1. The van der Waals surface area contributed by atoms with Gasteiger partial charge in [0.25, 0.3) is 0 Å². The van der Waals surface area contributed by atoms with Crippen LogP contribution in [0.25, 0.3) is 0 Å². The molecule has 1 rings (SSSR count). The summed E-state index contributed by atoms with van der Waals surface area (Å²) in [4.78, 5) is 23.7. The van der Waals surface area contributed by atoms with Gasteiger partial charge in [-0.05, 0) is 5.92 Å². The molecule has 1 aliphatic rings. The Morgan fingerprint density at radius 1 is 1.41 bits per heavy atom. The van der Waals surface area contributed by atoms with Gasteiger partial charge in [0.2, 0.25) is 0 Å².